The van der Waals surface area contributed by atoms with Crippen molar-refractivity contribution in [3.63, 3.8) is 0 Å². The van der Waals surface area contributed by atoms with Gasteiger partial charge in [-0.1, -0.05) is 0 Å². The number of amides is 6. The minimum Gasteiger partial charge on any atom is -0.480 e. The van der Waals surface area contributed by atoms with Crippen LogP contribution in [0.15, 0.2) is 0 Å². The van der Waals surface area contributed by atoms with E-state index in [9.17, 15) is 61.3 Å². The van der Waals surface area contributed by atoms with Crippen molar-refractivity contribution in [3.05, 3.63) is 0 Å². The maximum atomic E-state index is 13.5. The quantitative estimate of drug-likeness (QED) is 0.0235. The Kier molecular flexibility index (Phi) is 26.9. The molecule has 6 amide bonds. The van der Waals surface area contributed by atoms with Crippen molar-refractivity contribution < 1.29 is 87.8 Å². The fourth-order valence-electron chi connectivity index (χ4n) is 3.99. The molecule has 0 radical (unpaired) electrons. The number of carbonyl (C=O) groups is 12. The third kappa shape index (κ3) is 23.8. The van der Waals surface area contributed by atoms with Crippen molar-refractivity contribution in [2.45, 2.75) is 74.8 Å². The Morgan fingerprint density at radius 2 is 0.694 bits per heavy atom. The van der Waals surface area contributed by atoms with E-state index >= 15 is 0 Å². The summed E-state index contributed by atoms with van der Waals surface area (Å²) in [5, 5.41) is 39.1. The van der Waals surface area contributed by atoms with E-state index in [-0.39, 0.29) is 36.5 Å². The first-order valence-corrected chi connectivity index (χ1v) is 22.6. The predicted octanol–water partition coefficient (Wildman–Crippen LogP) is -7.35. The number of carboxylic acids is 3. The summed E-state index contributed by atoms with van der Waals surface area (Å²) in [4.78, 5) is 145. The van der Waals surface area contributed by atoms with Crippen molar-refractivity contribution in [3.8, 4) is 0 Å². The molecular weight excluding hydrogens is 961 g/mol. The van der Waals surface area contributed by atoms with Gasteiger partial charge in [0.2, 0.25) is 0 Å². The molecule has 0 rings (SSSR count). The van der Waals surface area contributed by atoms with E-state index in [1.54, 1.807) is 0 Å². The van der Waals surface area contributed by atoms with Gasteiger partial charge in [0.05, 0.1) is 0 Å². The molecule has 0 bridgehead atoms. The standard InChI is InChI=1S/C30H48AsN9O19S3/c32-13(28(50)51)1-4-19(41)38-16(10-60)25(47)35-7-22(44)57-31(56,58-23(45)8-36-26(48)17(11-61)39-20(42)5-2-14(33)29(52)53)59-24(46)9-37-27(49)18(12-62)40-21(43)6-3-15(34)30(54)55/h13-18,60-62H,1-12,32-34H2,(H,35,47)(H,36,48)(H,37,49)(H,38,41)(H,39,42)(H,40,43)(H,50,51)(H,52,53)(H,54,55)/t13-,14-,15-,16-,17-,18-/m0/s1. The average Bonchev–Trinajstić information content (AvgIpc) is 3.20. The molecule has 0 spiro atoms. The van der Waals surface area contributed by atoms with Crippen LogP contribution in [0.3, 0.4) is 0 Å². The average molecular weight is 1010 g/mol. The van der Waals surface area contributed by atoms with E-state index in [2.05, 4.69) is 65.0 Å². The Morgan fingerprint density at radius 3 is 0.887 bits per heavy atom. The van der Waals surface area contributed by atoms with E-state index in [4.69, 9.17) is 32.5 Å². The molecule has 0 aliphatic carbocycles. The van der Waals surface area contributed by atoms with Crippen LogP contribution >= 0.6 is 37.9 Å². The second kappa shape index (κ2) is 29.3. The fourth-order valence-corrected chi connectivity index (χ4v) is 6.97. The summed E-state index contributed by atoms with van der Waals surface area (Å²) < 4.78 is 27.4. The van der Waals surface area contributed by atoms with Crippen molar-refractivity contribution >= 4 is 124 Å². The molecule has 28 nitrogen and oxygen atoms in total. The Balaban J connectivity index is 5.83. The summed E-state index contributed by atoms with van der Waals surface area (Å²) in [7, 11) is 0. The van der Waals surface area contributed by atoms with E-state index in [0.717, 1.165) is 0 Å². The number of nitrogens with one attached hydrogen (secondary N) is 6. The summed E-state index contributed by atoms with van der Waals surface area (Å²) >= 11 is 5.20. The molecule has 0 saturated carbocycles. The van der Waals surface area contributed by atoms with Crippen LogP contribution in [-0.2, 0) is 72.5 Å². The number of hydrogen-bond donors (Lipinski definition) is 15. The zero-order valence-corrected chi connectivity index (χ0v) is 36.9. The number of nitrogens with two attached hydrogens (primary N) is 3. The van der Waals surface area contributed by atoms with Gasteiger partial charge >= 0.3 is 342 Å². The topological polar surface area (TPSA) is 461 Å². The van der Waals surface area contributed by atoms with Gasteiger partial charge in [0, 0.05) is 0 Å². The van der Waals surface area contributed by atoms with Crippen LogP contribution in [0.25, 0.3) is 0 Å². The van der Waals surface area contributed by atoms with Gasteiger partial charge in [-0.3, -0.25) is 14.4 Å². The van der Waals surface area contributed by atoms with Gasteiger partial charge in [-0.05, 0) is 0 Å². The zero-order chi connectivity index (χ0) is 47.7. The van der Waals surface area contributed by atoms with Crippen LogP contribution in [0.2, 0.25) is 0 Å². The molecule has 15 N–H and O–H groups in total. The number of aliphatic carboxylic acids is 3. The Morgan fingerprint density at radius 1 is 0.468 bits per heavy atom. The van der Waals surface area contributed by atoms with Crippen LogP contribution in [0, 0.1) is 0 Å². The van der Waals surface area contributed by atoms with Crippen molar-refractivity contribution in [2.75, 3.05) is 36.9 Å². The molecule has 32 heteroatoms. The second-order valence-electron chi connectivity index (χ2n) is 12.3. The summed E-state index contributed by atoms with van der Waals surface area (Å²) in [6, 6.07) is -8.43. The molecule has 0 saturated heterocycles. The molecular formula is C30H48AsN9O19S3. The predicted molar refractivity (Wildman–Crippen MR) is 216 cm³/mol. The van der Waals surface area contributed by atoms with Crippen molar-refractivity contribution in [1.29, 1.82) is 0 Å². The number of carboxylic acid groups (broad SMARTS) is 3. The monoisotopic (exact) mass is 1010 g/mol. The normalized spacial score (nSPS) is 13.8. The number of hydrogen-bond acceptors (Lipinski definition) is 22. The molecule has 0 aromatic rings. The third-order valence-electron chi connectivity index (χ3n) is 7.36. The third-order valence-corrected chi connectivity index (χ3v) is 11.1. The second-order valence-corrected chi connectivity index (χ2v) is 16.5. The van der Waals surface area contributed by atoms with Gasteiger partial charge < -0.3 is 15.3 Å². The summed E-state index contributed by atoms with van der Waals surface area (Å²) in [6.07, 6.45) is -2.15. The number of carbonyl (C=O) groups excluding carboxylic acids is 9. The molecule has 0 aliphatic rings. The Hall–Kier alpha value is -5.07. The first kappa shape index (κ1) is 56.9. The zero-order valence-electron chi connectivity index (χ0n) is 32.3. The summed E-state index contributed by atoms with van der Waals surface area (Å²) in [5.41, 5.74) is 16.0. The smallest absolute Gasteiger partial charge is 0.480 e. The minimum absolute atomic E-state index is 0.299. The SMILES string of the molecule is N[C@@H](CCC(=O)N[C@@H](CS)C(=O)NCC(=O)O[As](=O)(OC(=O)CNC(=O)[C@H](CS)NC(=O)CC[C@H](N)C(=O)O)OC(=O)CNC(=O)[C@H](CS)NC(=O)CC[C@H](N)C(=O)O)C(=O)O. The number of rotatable bonds is 30. The van der Waals surface area contributed by atoms with Crippen LogP contribution in [0.4, 0.5) is 0 Å². The Labute approximate surface area is 370 Å². The molecule has 0 aromatic carbocycles. The van der Waals surface area contributed by atoms with Gasteiger partial charge in [-0.2, -0.15) is 0 Å². The van der Waals surface area contributed by atoms with Crippen LogP contribution in [-0.4, -0.2) is 174 Å². The first-order valence-electron chi connectivity index (χ1n) is 17.6. The maximum absolute atomic E-state index is 13.5. The van der Waals surface area contributed by atoms with Gasteiger partial charge in [-0.15, -0.1) is 0 Å². The number of thiol groups is 3. The molecule has 350 valence electrons. The van der Waals surface area contributed by atoms with Crippen molar-refractivity contribution in [1.82, 2.24) is 31.9 Å². The molecule has 0 unspecified atom stereocenters. The minimum atomic E-state index is -6.56. The van der Waals surface area contributed by atoms with Crippen molar-refractivity contribution in [2.24, 2.45) is 17.2 Å². The van der Waals surface area contributed by atoms with Crippen LogP contribution in [0.5, 0.6) is 0 Å². The van der Waals surface area contributed by atoms with Gasteiger partial charge in [0.25, 0.3) is 0 Å². The van der Waals surface area contributed by atoms with Crippen LogP contribution < -0.4 is 49.1 Å². The molecule has 0 aliphatic heterocycles. The van der Waals surface area contributed by atoms with Gasteiger partial charge in [0.1, 0.15) is 0 Å². The van der Waals surface area contributed by atoms with Crippen LogP contribution in [0.1, 0.15) is 38.5 Å². The van der Waals surface area contributed by atoms with Gasteiger partial charge in [-0.25, -0.2) is 0 Å². The molecule has 62 heavy (non-hydrogen) atoms. The Bertz CT molecular complexity index is 1540. The van der Waals surface area contributed by atoms with E-state index < -0.39 is 161 Å². The molecule has 0 fully saturated rings. The molecule has 0 heterocycles. The first-order chi connectivity index (χ1) is 28.9. The van der Waals surface area contributed by atoms with E-state index in [1.807, 2.05) is 16.0 Å². The summed E-state index contributed by atoms with van der Waals surface area (Å²) in [6.45, 7) is -3.55. The summed E-state index contributed by atoms with van der Waals surface area (Å²) in [5.74, 6) is -16.0. The fraction of sp³-hybridized carbons (Fsp3) is 0.600. The van der Waals surface area contributed by atoms with E-state index in [0.29, 0.717) is 0 Å². The van der Waals surface area contributed by atoms with Gasteiger partial charge in [0.15, 0.2) is 0 Å². The molecule has 0 aromatic heterocycles. The molecule has 6 atom stereocenters. The van der Waals surface area contributed by atoms with E-state index in [1.165, 1.54) is 0 Å².